The highest BCUT2D eigenvalue weighted by Crippen LogP contribution is 2.28. The van der Waals surface area contributed by atoms with E-state index >= 15 is 0 Å². The molecule has 0 spiro atoms. The molecule has 0 unspecified atom stereocenters. The molecule has 0 aliphatic heterocycles. The van der Waals surface area contributed by atoms with Crippen LogP contribution in [0.5, 0.6) is 0 Å². The molecule has 0 radical (unpaired) electrons. The summed E-state index contributed by atoms with van der Waals surface area (Å²) in [5.41, 5.74) is 0.901. The van der Waals surface area contributed by atoms with E-state index in [9.17, 15) is 13.6 Å². The summed E-state index contributed by atoms with van der Waals surface area (Å²) in [7, 11) is 1.50. The summed E-state index contributed by atoms with van der Waals surface area (Å²) in [4.78, 5) is 11.2. The lowest BCUT2D eigenvalue weighted by atomic mass is 9.97. The molecule has 2 aromatic rings. The van der Waals surface area contributed by atoms with Crippen LogP contribution in [0.1, 0.15) is 15.9 Å². The van der Waals surface area contributed by atoms with Crippen LogP contribution in [0.4, 0.5) is 8.78 Å². The van der Waals surface area contributed by atoms with Gasteiger partial charge in [0.05, 0.1) is 12.2 Å². The van der Waals surface area contributed by atoms with Gasteiger partial charge in [-0.05, 0) is 35.4 Å². The van der Waals surface area contributed by atoms with Gasteiger partial charge in [0.15, 0.2) is 0 Å². The number of methoxy groups -OCH3 is 1. The first kappa shape index (κ1) is 14.1. The summed E-state index contributed by atoms with van der Waals surface area (Å²) in [5.74, 6) is -2.69. The molecule has 0 fully saturated rings. The molecule has 0 saturated heterocycles. The van der Waals surface area contributed by atoms with Crippen molar-refractivity contribution in [3.8, 4) is 11.1 Å². The van der Waals surface area contributed by atoms with Crippen molar-refractivity contribution >= 4 is 5.97 Å². The first-order chi connectivity index (χ1) is 9.52. The van der Waals surface area contributed by atoms with Crippen molar-refractivity contribution in [3.05, 3.63) is 59.2 Å². The van der Waals surface area contributed by atoms with E-state index in [1.165, 1.54) is 25.3 Å². The minimum atomic E-state index is -1.17. The third kappa shape index (κ3) is 2.83. The number of hydrogen-bond acceptors (Lipinski definition) is 2. The number of aromatic carboxylic acids is 1. The van der Waals surface area contributed by atoms with Crippen molar-refractivity contribution < 1.29 is 23.4 Å². The van der Waals surface area contributed by atoms with E-state index in [1.807, 2.05) is 0 Å². The van der Waals surface area contributed by atoms with E-state index in [0.717, 1.165) is 12.1 Å². The predicted octanol–water partition coefficient (Wildman–Crippen LogP) is 3.48. The zero-order chi connectivity index (χ0) is 14.7. The highest BCUT2D eigenvalue weighted by Gasteiger charge is 2.16. The van der Waals surface area contributed by atoms with Gasteiger partial charge in [-0.3, -0.25) is 0 Å². The van der Waals surface area contributed by atoms with Gasteiger partial charge in [0.25, 0.3) is 0 Å². The quantitative estimate of drug-likeness (QED) is 0.931. The zero-order valence-corrected chi connectivity index (χ0v) is 10.7. The summed E-state index contributed by atoms with van der Waals surface area (Å²) in [6, 6.07) is 7.55. The van der Waals surface area contributed by atoms with E-state index in [0.29, 0.717) is 5.56 Å². The summed E-state index contributed by atoms with van der Waals surface area (Å²) in [6.07, 6.45) is 0. The van der Waals surface area contributed by atoms with Gasteiger partial charge in [-0.15, -0.1) is 0 Å². The number of carboxylic acids is 1. The van der Waals surface area contributed by atoms with Crippen LogP contribution < -0.4 is 0 Å². The Hall–Kier alpha value is -2.27. The van der Waals surface area contributed by atoms with Crippen LogP contribution in [0, 0.1) is 11.6 Å². The second-order valence-electron chi connectivity index (χ2n) is 4.24. The Morgan fingerprint density at radius 3 is 2.50 bits per heavy atom. The van der Waals surface area contributed by atoms with Crippen LogP contribution >= 0.6 is 0 Å². The maximum atomic E-state index is 13.8. The smallest absolute Gasteiger partial charge is 0.336 e. The Bertz CT molecular complexity index is 654. The molecule has 20 heavy (non-hydrogen) atoms. The van der Waals surface area contributed by atoms with Crippen molar-refractivity contribution in [2.24, 2.45) is 0 Å². The molecule has 0 saturated carbocycles. The highest BCUT2D eigenvalue weighted by atomic mass is 19.1. The predicted molar refractivity (Wildman–Crippen MR) is 69.5 cm³/mol. The van der Waals surface area contributed by atoms with Crippen LogP contribution in [-0.2, 0) is 11.3 Å². The van der Waals surface area contributed by atoms with Crippen molar-refractivity contribution in [2.75, 3.05) is 7.11 Å². The van der Waals surface area contributed by atoms with Gasteiger partial charge in [0, 0.05) is 18.7 Å². The van der Waals surface area contributed by atoms with Crippen LogP contribution in [-0.4, -0.2) is 18.2 Å². The average Bonchev–Trinajstić information content (AvgIpc) is 2.38. The first-order valence-electron chi connectivity index (χ1n) is 5.83. The third-order valence-electron chi connectivity index (χ3n) is 2.85. The second kappa shape index (κ2) is 5.79. The molecule has 1 N–H and O–H groups in total. The van der Waals surface area contributed by atoms with Gasteiger partial charge in [-0.25, -0.2) is 13.6 Å². The molecular weight excluding hydrogens is 266 g/mol. The molecule has 0 amide bonds. The lowest BCUT2D eigenvalue weighted by molar-refractivity contribution is 0.0697. The molecule has 0 atom stereocenters. The molecular formula is C15H12F2O3. The number of rotatable bonds is 4. The van der Waals surface area contributed by atoms with Crippen molar-refractivity contribution in [1.82, 2.24) is 0 Å². The lowest BCUT2D eigenvalue weighted by Gasteiger charge is -2.10. The first-order valence-corrected chi connectivity index (χ1v) is 5.83. The van der Waals surface area contributed by atoms with E-state index in [2.05, 4.69) is 0 Å². The van der Waals surface area contributed by atoms with Gasteiger partial charge < -0.3 is 9.84 Å². The number of carboxylic acid groups (broad SMARTS) is 1. The van der Waals surface area contributed by atoms with Crippen LogP contribution in [0.3, 0.4) is 0 Å². The fourth-order valence-corrected chi connectivity index (χ4v) is 1.97. The highest BCUT2D eigenvalue weighted by molar-refractivity contribution is 5.96. The van der Waals surface area contributed by atoms with Crippen molar-refractivity contribution in [1.29, 1.82) is 0 Å². The van der Waals surface area contributed by atoms with Gasteiger partial charge in [-0.2, -0.15) is 0 Å². The van der Waals surface area contributed by atoms with Gasteiger partial charge in [-0.1, -0.05) is 6.07 Å². The SMILES string of the molecule is COCc1ccc(C(=O)O)c(-c2ccc(F)cc2F)c1. The normalized spacial score (nSPS) is 10.6. The topological polar surface area (TPSA) is 46.5 Å². The van der Waals surface area contributed by atoms with Crippen LogP contribution in [0.25, 0.3) is 11.1 Å². The Morgan fingerprint density at radius 2 is 1.90 bits per heavy atom. The summed E-state index contributed by atoms with van der Waals surface area (Å²) < 4.78 is 31.7. The Labute approximate surface area is 114 Å². The summed E-state index contributed by atoms with van der Waals surface area (Å²) in [5, 5.41) is 9.17. The Kier molecular flexibility index (Phi) is 4.10. The van der Waals surface area contributed by atoms with Gasteiger partial charge >= 0.3 is 5.97 Å². The molecule has 104 valence electrons. The molecule has 5 heteroatoms. The van der Waals surface area contributed by atoms with E-state index in [1.54, 1.807) is 6.07 Å². The molecule has 0 bridgehead atoms. The summed E-state index contributed by atoms with van der Waals surface area (Å²) in [6.45, 7) is 0.274. The fourth-order valence-electron chi connectivity index (χ4n) is 1.97. The number of ether oxygens (including phenoxy) is 1. The minimum absolute atomic E-state index is 0.0433. The maximum Gasteiger partial charge on any atom is 0.336 e. The van der Waals surface area contributed by atoms with Crippen molar-refractivity contribution in [2.45, 2.75) is 6.61 Å². The molecule has 0 aliphatic rings. The number of hydrogen-bond donors (Lipinski definition) is 1. The molecule has 0 aromatic heterocycles. The Morgan fingerprint density at radius 1 is 1.15 bits per heavy atom. The van der Waals surface area contributed by atoms with Crippen LogP contribution in [0.2, 0.25) is 0 Å². The van der Waals surface area contributed by atoms with Gasteiger partial charge in [0.2, 0.25) is 0 Å². The second-order valence-corrected chi connectivity index (χ2v) is 4.24. The van der Waals surface area contributed by atoms with E-state index in [4.69, 9.17) is 9.84 Å². The molecule has 2 rings (SSSR count). The molecule has 0 aliphatic carbocycles. The third-order valence-corrected chi connectivity index (χ3v) is 2.85. The monoisotopic (exact) mass is 278 g/mol. The number of carbonyl (C=O) groups is 1. The lowest BCUT2D eigenvalue weighted by Crippen LogP contribution is -2.02. The van der Waals surface area contributed by atoms with Crippen molar-refractivity contribution in [3.63, 3.8) is 0 Å². The largest absolute Gasteiger partial charge is 0.478 e. The molecule has 3 nitrogen and oxygen atoms in total. The zero-order valence-electron chi connectivity index (χ0n) is 10.7. The number of halogens is 2. The van der Waals surface area contributed by atoms with Crippen LogP contribution in [0.15, 0.2) is 36.4 Å². The van der Waals surface area contributed by atoms with E-state index < -0.39 is 17.6 Å². The fraction of sp³-hybridized carbons (Fsp3) is 0.133. The molecule has 0 heterocycles. The average molecular weight is 278 g/mol. The Balaban J connectivity index is 2.62. The van der Waals surface area contributed by atoms with Gasteiger partial charge in [0.1, 0.15) is 11.6 Å². The molecule has 2 aromatic carbocycles. The maximum absolute atomic E-state index is 13.8. The standard InChI is InChI=1S/C15H12F2O3/c1-20-8-9-2-4-12(15(18)19)13(6-9)11-5-3-10(16)7-14(11)17/h2-7H,8H2,1H3,(H,18,19). The number of benzene rings is 2. The summed E-state index contributed by atoms with van der Waals surface area (Å²) >= 11 is 0. The van der Waals surface area contributed by atoms with E-state index in [-0.39, 0.29) is 23.3 Å². The minimum Gasteiger partial charge on any atom is -0.478 e.